The number of amides is 1. The first kappa shape index (κ1) is 23.4. The van der Waals surface area contributed by atoms with Crippen LogP contribution < -0.4 is 11.1 Å². The molecule has 0 fully saturated rings. The highest BCUT2D eigenvalue weighted by molar-refractivity contribution is 7.86. The summed E-state index contributed by atoms with van der Waals surface area (Å²) < 4.78 is 26.6. The second kappa shape index (κ2) is 9.92. The van der Waals surface area contributed by atoms with E-state index in [-0.39, 0.29) is 11.7 Å². The lowest BCUT2D eigenvalue weighted by molar-refractivity contribution is -0.128. The first-order valence-corrected chi connectivity index (χ1v) is 11.5. The van der Waals surface area contributed by atoms with E-state index in [1.54, 1.807) is 72.8 Å². The molecule has 0 aliphatic carbocycles. The predicted molar refractivity (Wildman–Crippen MR) is 127 cm³/mol. The first-order valence-electron chi connectivity index (χ1n) is 9.70. The lowest BCUT2D eigenvalue weighted by Crippen LogP contribution is -2.14. The standard InChI is InChI=1S/C24H21N3O5S/c1-33(30,31)32-22(28)15-12-16-6-2-3-7-19(16)20-8-4-5-9-21(20)24(29)27-18-13-10-17(11-14-18)23(25)26/h2-15H,1H3,(H3,25,26)(H,27,29)/b15-12+. The monoisotopic (exact) mass is 463 g/mol. The van der Waals surface area contributed by atoms with Crippen LogP contribution in [-0.2, 0) is 19.1 Å². The van der Waals surface area contributed by atoms with Gasteiger partial charge >= 0.3 is 16.1 Å². The molecular weight excluding hydrogens is 442 g/mol. The van der Waals surface area contributed by atoms with Crippen LogP contribution in [0.2, 0.25) is 0 Å². The molecule has 8 nitrogen and oxygen atoms in total. The SMILES string of the molecule is CS(=O)(=O)OC(=O)/C=C/c1ccccc1-c1ccccc1C(=O)Nc1ccc(C(=N)N)cc1. The van der Waals surface area contributed by atoms with E-state index in [9.17, 15) is 18.0 Å². The molecule has 0 atom stereocenters. The molecule has 9 heteroatoms. The number of rotatable bonds is 7. The molecule has 4 N–H and O–H groups in total. The van der Waals surface area contributed by atoms with Gasteiger partial charge in [-0.1, -0.05) is 42.5 Å². The van der Waals surface area contributed by atoms with E-state index in [0.717, 1.165) is 12.3 Å². The average molecular weight is 464 g/mol. The molecule has 3 aromatic rings. The van der Waals surface area contributed by atoms with Gasteiger partial charge in [0.15, 0.2) is 0 Å². The number of nitrogens with two attached hydrogens (primary N) is 1. The van der Waals surface area contributed by atoms with Gasteiger partial charge in [-0.2, -0.15) is 8.42 Å². The molecule has 0 spiro atoms. The van der Waals surface area contributed by atoms with Crippen molar-refractivity contribution in [3.63, 3.8) is 0 Å². The number of nitrogens with one attached hydrogen (secondary N) is 2. The van der Waals surface area contributed by atoms with Crippen LogP contribution in [0.4, 0.5) is 5.69 Å². The maximum absolute atomic E-state index is 13.0. The minimum Gasteiger partial charge on any atom is -0.384 e. The number of hydrogen-bond acceptors (Lipinski definition) is 6. The molecule has 3 rings (SSSR count). The van der Waals surface area contributed by atoms with Gasteiger partial charge in [0.2, 0.25) is 0 Å². The Bertz CT molecular complexity index is 1350. The fourth-order valence-electron chi connectivity index (χ4n) is 3.07. The zero-order chi connectivity index (χ0) is 24.0. The number of anilines is 1. The van der Waals surface area contributed by atoms with E-state index in [4.69, 9.17) is 11.1 Å². The summed E-state index contributed by atoms with van der Waals surface area (Å²) >= 11 is 0. The Balaban J connectivity index is 1.91. The van der Waals surface area contributed by atoms with Crippen LogP contribution in [0.3, 0.4) is 0 Å². The summed E-state index contributed by atoms with van der Waals surface area (Å²) in [5, 5.41) is 10.3. The third-order valence-electron chi connectivity index (χ3n) is 4.51. The maximum atomic E-state index is 13.0. The highest BCUT2D eigenvalue weighted by atomic mass is 32.2. The third-order valence-corrected chi connectivity index (χ3v) is 4.98. The number of carbonyl (C=O) groups is 2. The van der Waals surface area contributed by atoms with Gasteiger partial charge in [-0.3, -0.25) is 10.2 Å². The van der Waals surface area contributed by atoms with Crippen molar-refractivity contribution in [3.8, 4) is 11.1 Å². The lowest BCUT2D eigenvalue weighted by atomic mass is 9.94. The topological polar surface area (TPSA) is 139 Å². The molecule has 33 heavy (non-hydrogen) atoms. The number of carbonyl (C=O) groups excluding carboxylic acids is 2. The Morgan fingerprint density at radius 3 is 2.18 bits per heavy atom. The van der Waals surface area contributed by atoms with E-state index in [1.165, 1.54) is 6.08 Å². The molecule has 0 radical (unpaired) electrons. The molecule has 0 heterocycles. The van der Waals surface area contributed by atoms with Crippen LogP contribution in [0.15, 0.2) is 78.9 Å². The van der Waals surface area contributed by atoms with Crippen molar-refractivity contribution < 1.29 is 22.2 Å². The summed E-state index contributed by atoms with van der Waals surface area (Å²) in [5.41, 5.74) is 8.81. The number of amidine groups is 1. The van der Waals surface area contributed by atoms with Crippen molar-refractivity contribution in [3.05, 3.63) is 95.6 Å². The summed E-state index contributed by atoms with van der Waals surface area (Å²) in [6, 6.07) is 20.6. The van der Waals surface area contributed by atoms with Crippen LogP contribution in [0.1, 0.15) is 21.5 Å². The number of hydrogen-bond donors (Lipinski definition) is 3. The average Bonchev–Trinajstić information content (AvgIpc) is 2.77. The second-order valence-corrected chi connectivity index (χ2v) is 8.59. The molecule has 0 unspecified atom stereocenters. The predicted octanol–water partition coefficient (Wildman–Crippen LogP) is 3.41. The second-order valence-electron chi connectivity index (χ2n) is 7.02. The molecule has 0 saturated heterocycles. The normalized spacial score (nSPS) is 11.2. The van der Waals surface area contributed by atoms with Crippen molar-refractivity contribution in [1.29, 1.82) is 5.41 Å². The Kier molecular flexibility index (Phi) is 7.04. The van der Waals surface area contributed by atoms with E-state index in [0.29, 0.717) is 33.5 Å². The van der Waals surface area contributed by atoms with Gasteiger partial charge in [-0.15, -0.1) is 0 Å². The molecule has 0 bridgehead atoms. The van der Waals surface area contributed by atoms with Crippen molar-refractivity contribution in [2.45, 2.75) is 0 Å². The minimum absolute atomic E-state index is 0.0664. The smallest absolute Gasteiger partial charge is 0.346 e. The molecular formula is C24H21N3O5S. The number of benzene rings is 3. The molecule has 1 amide bonds. The van der Waals surface area contributed by atoms with Gasteiger partial charge in [0.05, 0.1) is 6.26 Å². The fourth-order valence-corrected chi connectivity index (χ4v) is 3.42. The number of nitrogen functional groups attached to an aromatic ring is 1. The van der Waals surface area contributed by atoms with E-state index in [2.05, 4.69) is 9.50 Å². The Morgan fingerprint density at radius 1 is 0.939 bits per heavy atom. The van der Waals surface area contributed by atoms with Gasteiger partial charge in [-0.25, -0.2) is 4.79 Å². The highest BCUT2D eigenvalue weighted by Crippen LogP contribution is 2.29. The van der Waals surface area contributed by atoms with Crippen LogP contribution >= 0.6 is 0 Å². The van der Waals surface area contributed by atoms with Crippen LogP contribution in [0.5, 0.6) is 0 Å². The van der Waals surface area contributed by atoms with E-state index in [1.807, 2.05) is 0 Å². The van der Waals surface area contributed by atoms with Crippen molar-refractivity contribution >= 4 is 39.6 Å². The van der Waals surface area contributed by atoms with E-state index < -0.39 is 16.1 Å². The summed E-state index contributed by atoms with van der Waals surface area (Å²) in [6.45, 7) is 0. The molecule has 0 saturated carbocycles. The van der Waals surface area contributed by atoms with Crippen molar-refractivity contribution in [1.82, 2.24) is 0 Å². The largest absolute Gasteiger partial charge is 0.384 e. The molecule has 0 aliphatic rings. The zero-order valence-corrected chi connectivity index (χ0v) is 18.4. The molecule has 0 aromatic heterocycles. The van der Waals surface area contributed by atoms with Gasteiger partial charge < -0.3 is 15.2 Å². The third kappa shape index (κ3) is 6.37. The summed E-state index contributed by atoms with van der Waals surface area (Å²) in [4.78, 5) is 24.8. The summed E-state index contributed by atoms with van der Waals surface area (Å²) in [6.07, 6.45) is 3.23. The zero-order valence-electron chi connectivity index (χ0n) is 17.6. The van der Waals surface area contributed by atoms with Crippen LogP contribution in [0.25, 0.3) is 17.2 Å². The van der Waals surface area contributed by atoms with Gasteiger partial charge in [0.25, 0.3) is 5.91 Å². The highest BCUT2D eigenvalue weighted by Gasteiger charge is 2.15. The van der Waals surface area contributed by atoms with Gasteiger partial charge in [0.1, 0.15) is 5.84 Å². The van der Waals surface area contributed by atoms with Crippen LogP contribution in [0, 0.1) is 5.41 Å². The Morgan fingerprint density at radius 2 is 1.55 bits per heavy atom. The van der Waals surface area contributed by atoms with Crippen molar-refractivity contribution in [2.75, 3.05) is 11.6 Å². The van der Waals surface area contributed by atoms with Crippen molar-refractivity contribution in [2.24, 2.45) is 5.73 Å². The van der Waals surface area contributed by atoms with E-state index >= 15 is 0 Å². The summed E-state index contributed by atoms with van der Waals surface area (Å²) in [5.74, 6) is -1.44. The van der Waals surface area contributed by atoms with Gasteiger partial charge in [0, 0.05) is 22.9 Å². The lowest BCUT2D eigenvalue weighted by Gasteiger charge is -2.13. The molecule has 3 aromatic carbocycles. The molecule has 168 valence electrons. The minimum atomic E-state index is -3.92. The Labute approximate surface area is 191 Å². The van der Waals surface area contributed by atoms with Crippen LogP contribution in [-0.4, -0.2) is 32.4 Å². The quantitative estimate of drug-likeness (QED) is 0.212. The maximum Gasteiger partial charge on any atom is 0.346 e. The molecule has 0 aliphatic heterocycles. The van der Waals surface area contributed by atoms with Gasteiger partial charge in [-0.05, 0) is 53.1 Å². The Hall–Kier alpha value is -4.24. The fraction of sp³-hybridized carbons (Fsp3) is 0.0417. The summed E-state index contributed by atoms with van der Waals surface area (Å²) in [7, 11) is -3.92. The first-order chi connectivity index (χ1) is 15.6.